The summed E-state index contributed by atoms with van der Waals surface area (Å²) < 4.78 is 0. The van der Waals surface area contributed by atoms with Crippen LogP contribution in [0.25, 0.3) is 10.2 Å². The number of rotatable bonds is 5. The van der Waals surface area contributed by atoms with E-state index in [-0.39, 0.29) is 0 Å². The first kappa shape index (κ1) is 13.4. The van der Waals surface area contributed by atoms with Crippen LogP contribution in [0.4, 0.5) is 5.82 Å². The monoisotopic (exact) mass is 305 g/mol. The molecule has 0 saturated carbocycles. The van der Waals surface area contributed by atoms with Crippen LogP contribution in [0.1, 0.15) is 10.7 Å². The maximum absolute atomic E-state index is 5.54. The highest BCUT2D eigenvalue weighted by molar-refractivity contribution is 7.16. The summed E-state index contributed by atoms with van der Waals surface area (Å²) in [6.45, 7) is 1.59. The average molecular weight is 305 g/mol. The van der Waals surface area contributed by atoms with Crippen molar-refractivity contribution in [3.63, 3.8) is 0 Å². The molecule has 104 valence electrons. The van der Waals surface area contributed by atoms with E-state index in [1.54, 1.807) is 22.7 Å². The predicted octanol–water partition coefficient (Wildman–Crippen LogP) is 2.67. The number of aromatic nitrogens is 2. The van der Waals surface area contributed by atoms with E-state index in [4.69, 9.17) is 5.84 Å². The van der Waals surface area contributed by atoms with Gasteiger partial charge in [0, 0.05) is 11.4 Å². The van der Waals surface area contributed by atoms with Crippen molar-refractivity contribution in [3.8, 4) is 0 Å². The van der Waals surface area contributed by atoms with Crippen LogP contribution in [0.2, 0.25) is 0 Å². The van der Waals surface area contributed by atoms with E-state index in [1.165, 1.54) is 4.88 Å². The summed E-state index contributed by atoms with van der Waals surface area (Å²) in [5.41, 5.74) is 2.65. The molecule has 0 fully saturated rings. The van der Waals surface area contributed by atoms with Gasteiger partial charge in [0.15, 0.2) is 5.82 Å². The Kier molecular flexibility index (Phi) is 3.93. The largest absolute Gasteiger partial charge is 0.308 e. The second-order valence-electron chi connectivity index (χ2n) is 4.52. The number of anilines is 1. The molecule has 3 aromatic rings. The van der Waals surface area contributed by atoms with Crippen LogP contribution in [0.15, 0.2) is 29.0 Å². The highest BCUT2D eigenvalue weighted by Crippen LogP contribution is 2.24. The van der Waals surface area contributed by atoms with Gasteiger partial charge in [-0.05, 0) is 29.9 Å². The first-order valence-electron chi connectivity index (χ1n) is 6.18. The molecule has 0 radical (unpaired) electrons. The van der Waals surface area contributed by atoms with Gasteiger partial charge in [-0.25, -0.2) is 15.8 Å². The second-order valence-corrected chi connectivity index (χ2v) is 6.45. The van der Waals surface area contributed by atoms with E-state index in [9.17, 15) is 0 Å². The third-order valence-corrected chi connectivity index (χ3v) is 4.59. The summed E-state index contributed by atoms with van der Waals surface area (Å²) >= 11 is 3.36. The zero-order chi connectivity index (χ0) is 13.9. The fourth-order valence-electron chi connectivity index (χ4n) is 2.05. The fourth-order valence-corrected chi connectivity index (χ4v) is 3.61. The predicted molar refractivity (Wildman–Crippen MR) is 84.7 cm³/mol. The summed E-state index contributed by atoms with van der Waals surface area (Å²) in [5.74, 6) is 7.01. The Bertz CT molecular complexity index is 692. The first-order valence-corrected chi connectivity index (χ1v) is 7.94. The Labute approximate surface area is 125 Å². The molecule has 0 unspecified atom stereocenters. The van der Waals surface area contributed by atoms with Crippen molar-refractivity contribution in [3.05, 3.63) is 39.7 Å². The molecule has 0 bridgehead atoms. The fraction of sp³-hybridized carbons (Fsp3) is 0.231. The summed E-state index contributed by atoms with van der Waals surface area (Å²) in [6, 6.07) is 6.18. The van der Waals surface area contributed by atoms with Gasteiger partial charge in [-0.15, -0.1) is 22.7 Å². The Hall–Kier alpha value is -1.54. The zero-order valence-corrected chi connectivity index (χ0v) is 12.7. The van der Waals surface area contributed by atoms with Crippen molar-refractivity contribution in [1.29, 1.82) is 0 Å². The van der Waals surface area contributed by atoms with Crippen molar-refractivity contribution in [1.82, 2.24) is 14.9 Å². The third-order valence-electron chi connectivity index (χ3n) is 2.93. The number of nitrogens with one attached hydrogen (secondary N) is 1. The van der Waals surface area contributed by atoms with Gasteiger partial charge in [-0.1, -0.05) is 6.07 Å². The summed E-state index contributed by atoms with van der Waals surface area (Å²) in [4.78, 5) is 13.6. The molecular formula is C13H15N5S2. The smallest absolute Gasteiger partial charge is 0.152 e. The Morgan fingerprint density at radius 2 is 2.10 bits per heavy atom. The van der Waals surface area contributed by atoms with Crippen molar-refractivity contribution >= 4 is 38.7 Å². The maximum atomic E-state index is 5.54. The Morgan fingerprint density at radius 1 is 1.20 bits per heavy atom. The summed E-state index contributed by atoms with van der Waals surface area (Å²) in [6.07, 6.45) is 0. The number of thiophene rings is 2. The number of fused-ring (bicyclic) bond motifs is 1. The van der Waals surface area contributed by atoms with Crippen LogP contribution in [-0.4, -0.2) is 21.9 Å². The Balaban J connectivity index is 1.79. The minimum absolute atomic E-state index is 0.691. The van der Waals surface area contributed by atoms with Gasteiger partial charge in [-0.3, -0.25) is 4.90 Å². The molecule has 20 heavy (non-hydrogen) atoms. The minimum atomic E-state index is 0.691. The highest BCUT2D eigenvalue weighted by atomic mass is 32.1. The zero-order valence-electron chi connectivity index (χ0n) is 11.0. The van der Waals surface area contributed by atoms with Gasteiger partial charge < -0.3 is 5.43 Å². The van der Waals surface area contributed by atoms with Crippen LogP contribution in [0.5, 0.6) is 0 Å². The first-order chi connectivity index (χ1) is 9.76. The van der Waals surface area contributed by atoms with Gasteiger partial charge in [0.1, 0.15) is 10.7 Å². The van der Waals surface area contributed by atoms with Gasteiger partial charge in [0.25, 0.3) is 0 Å². The van der Waals surface area contributed by atoms with E-state index in [0.717, 1.165) is 22.6 Å². The molecule has 3 aromatic heterocycles. The molecule has 0 saturated heterocycles. The van der Waals surface area contributed by atoms with Crippen molar-refractivity contribution in [2.75, 3.05) is 12.5 Å². The quantitative estimate of drug-likeness (QED) is 0.560. The number of hydrazine groups is 1. The lowest BCUT2D eigenvalue weighted by Gasteiger charge is -2.15. The molecule has 0 amide bonds. The van der Waals surface area contributed by atoms with Crippen molar-refractivity contribution in [2.45, 2.75) is 13.1 Å². The lowest BCUT2D eigenvalue weighted by atomic mass is 10.3. The second kappa shape index (κ2) is 5.84. The van der Waals surface area contributed by atoms with Crippen molar-refractivity contribution in [2.24, 2.45) is 5.84 Å². The molecule has 0 aliphatic heterocycles. The molecule has 3 heterocycles. The maximum Gasteiger partial charge on any atom is 0.152 e. The highest BCUT2D eigenvalue weighted by Gasteiger charge is 2.10. The van der Waals surface area contributed by atoms with Crippen LogP contribution in [0.3, 0.4) is 0 Å². The van der Waals surface area contributed by atoms with E-state index < -0.39 is 0 Å². The van der Waals surface area contributed by atoms with E-state index >= 15 is 0 Å². The van der Waals surface area contributed by atoms with Gasteiger partial charge in [0.05, 0.1) is 11.9 Å². The molecule has 0 aromatic carbocycles. The molecule has 0 aliphatic carbocycles. The summed E-state index contributed by atoms with van der Waals surface area (Å²) in [5, 5.41) is 5.06. The minimum Gasteiger partial charge on any atom is -0.308 e. The molecule has 0 aliphatic rings. The standard InChI is InChI=1S/C13H15N5S2/c1-18(7-9-3-2-5-19-9)8-11-15-12(17-14)10-4-6-20-13(10)16-11/h2-6H,7-8,14H2,1H3,(H,15,16,17). The summed E-state index contributed by atoms with van der Waals surface area (Å²) in [7, 11) is 2.07. The lowest BCUT2D eigenvalue weighted by Crippen LogP contribution is -2.19. The lowest BCUT2D eigenvalue weighted by molar-refractivity contribution is 0.314. The molecule has 5 nitrogen and oxygen atoms in total. The number of nitrogens with zero attached hydrogens (tertiary/aromatic N) is 3. The number of hydrogen-bond donors (Lipinski definition) is 2. The van der Waals surface area contributed by atoms with Crippen LogP contribution in [-0.2, 0) is 13.1 Å². The Morgan fingerprint density at radius 3 is 2.85 bits per heavy atom. The molecule has 7 heteroatoms. The molecule has 0 spiro atoms. The average Bonchev–Trinajstić information content (AvgIpc) is 3.08. The van der Waals surface area contributed by atoms with E-state index in [2.05, 4.69) is 44.9 Å². The van der Waals surface area contributed by atoms with Crippen LogP contribution in [0, 0.1) is 0 Å². The number of nitrogen functional groups attached to an aromatic ring is 1. The molecule has 3 rings (SSSR count). The van der Waals surface area contributed by atoms with E-state index in [1.807, 2.05) is 11.4 Å². The van der Waals surface area contributed by atoms with Crippen molar-refractivity contribution < 1.29 is 0 Å². The van der Waals surface area contributed by atoms with Gasteiger partial charge >= 0.3 is 0 Å². The SMILES string of the molecule is CN(Cc1nc(NN)c2ccsc2n1)Cc1cccs1. The molecular weight excluding hydrogens is 290 g/mol. The third kappa shape index (κ3) is 2.80. The topological polar surface area (TPSA) is 67.1 Å². The number of hydrogen-bond acceptors (Lipinski definition) is 7. The van der Waals surface area contributed by atoms with Gasteiger partial charge in [-0.2, -0.15) is 0 Å². The van der Waals surface area contributed by atoms with Gasteiger partial charge in [0.2, 0.25) is 0 Å². The van der Waals surface area contributed by atoms with Crippen LogP contribution < -0.4 is 11.3 Å². The number of nitrogens with two attached hydrogens (primary N) is 1. The van der Waals surface area contributed by atoms with Crippen LogP contribution >= 0.6 is 22.7 Å². The van der Waals surface area contributed by atoms with E-state index in [0.29, 0.717) is 12.4 Å². The molecule has 3 N–H and O–H groups in total. The molecule has 0 atom stereocenters. The normalized spacial score (nSPS) is 11.3.